The predicted molar refractivity (Wildman–Crippen MR) is 109 cm³/mol. The van der Waals surface area contributed by atoms with Crippen LogP contribution in [0.25, 0.3) is 10.2 Å². The molecule has 0 radical (unpaired) electrons. The number of anilines is 1. The SMILES string of the molecule is c1ccc(N/N=C(/Sc2nc3ccccc3s2)c2ccccc2)cc1. The first-order chi connectivity index (χ1) is 12.4. The van der Waals surface area contributed by atoms with Gasteiger partial charge < -0.3 is 0 Å². The number of thiazole rings is 1. The Morgan fingerprint density at radius 2 is 1.52 bits per heavy atom. The van der Waals surface area contributed by atoms with Crippen LogP contribution in [0, 0.1) is 0 Å². The molecular formula is C20H15N3S2. The summed E-state index contributed by atoms with van der Waals surface area (Å²) < 4.78 is 2.17. The van der Waals surface area contributed by atoms with E-state index in [1.807, 2.05) is 66.7 Å². The fourth-order valence-corrected chi connectivity index (χ4v) is 4.36. The largest absolute Gasteiger partial charge is 0.277 e. The smallest absolute Gasteiger partial charge is 0.157 e. The Hall–Kier alpha value is -2.63. The van der Waals surface area contributed by atoms with Crippen LogP contribution in [0.2, 0.25) is 0 Å². The summed E-state index contributed by atoms with van der Waals surface area (Å²) in [5.74, 6) is 0. The van der Waals surface area contributed by atoms with Crippen molar-refractivity contribution in [1.29, 1.82) is 0 Å². The lowest BCUT2D eigenvalue weighted by molar-refractivity contribution is 1.31. The maximum Gasteiger partial charge on any atom is 0.157 e. The highest BCUT2D eigenvalue weighted by Gasteiger charge is 2.11. The highest BCUT2D eigenvalue weighted by atomic mass is 32.2. The molecule has 0 unspecified atom stereocenters. The number of benzene rings is 3. The number of hydrazone groups is 1. The van der Waals surface area contributed by atoms with Crippen molar-refractivity contribution in [2.24, 2.45) is 5.10 Å². The Kier molecular flexibility index (Phi) is 4.77. The maximum absolute atomic E-state index is 4.71. The molecule has 0 aliphatic heterocycles. The first kappa shape index (κ1) is 15.9. The van der Waals surface area contributed by atoms with E-state index in [-0.39, 0.29) is 0 Å². The van der Waals surface area contributed by atoms with Crippen LogP contribution in [0.4, 0.5) is 5.69 Å². The Bertz CT molecular complexity index is 962. The van der Waals surface area contributed by atoms with Gasteiger partial charge in [-0.2, -0.15) is 5.10 Å². The van der Waals surface area contributed by atoms with Crippen LogP contribution >= 0.6 is 23.1 Å². The molecule has 1 heterocycles. The number of fused-ring (bicyclic) bond motifs is 1. The molecule has 0 atom stereocenters. The molecule has 4 aromatic rings. The molecule has 0 aliphatic rings. The van der Waals surface area contributed by atoms with Crippen molar-refractivity contribution in [3.8, 4) is 0 Å². The minimum Gasteiger partial charge on any atom is -0.277 e. The van der Waals surface area contributed by atoms with Gasteiger partial charge in [-0.25, -0.2) is 4.98 Å². The van der Waals surface area contributed by atoms with Crippen molar-refractivity contribution < 1.29 is 0 Å². The average Bonchev–Trinajstić information content (AvgIpc) is 3.09. The van der Waals surface area contributed by atoms with Crippen molar-refractivity contribution in [2.45, 2.75) is 4.34 Å². The summed E-state index contributed by atoms with van der Waals surface area (Å²) in [5.41, 5.74) is 6.19. The van der Waals surface area contributed by atoms with E-state index in [4.69, 9.17) is 4.98 Å². The van der Waals surface area contributed by atoms with Crippen LogP contribution in [0.3, 0.4) is 0 Å². The van der Waals surface area contributed by atoms with Crippen molar-refractivity contribution in [1.82, 2.24) is 4.98 Å². The minimum atomic E-state index is 0.892. The predicted octanol–water partition coefficient (Wildman–Crippen LogP) is 5.86. The van der Waals surface area contributed by atoms with E-state index in [0.717, 1.165) is 26.2 Å². The van der Waals surface area contributed by atoms with E-state index >= 15 is 0 Å². The van der Waals surface area contributed by atoms with Crippen LogP contribution < -0.4 is 5.43 Å². The summed E-state index contributed by atoms with van der Waals surface area (Å²) in [6.07, 6.45) is 0. The van der Waals surface area contributed by atoms with Crippen LogP contribution in [-0.2, 0) is 0 Å². The number of nitrogens with zero attached hydrogens (tertiary/aromatic N) is 2. The number of aromatic nitrogens is 1. The van der Waals surface area contributed by atoms with Crippen molar-refractivity contribution >= 4 is 44.0 Å². The number of hydrogen-bond acceptors (Lipinski definition) is 5. The molecule has 3 aromatic carbocycles. The van der Waals surface area contributed by atoms with Crippen LogP contribution in [0.15, 0.2) is 94.4 Å². The molecule has 0 saturated heterocycles. The number of rotatable bonds is 4. The third-order valence-corrected chi connectivity index (χ3v) is 5.66. The third-order valence-electron chi connectivity index (χ3n) is 3.54. The van der Waals surface area contributed by atoms with Gasteiger partial charge in [-0.05, 0) is 36.0 Å². The molecule has 0 saturated carbocycles. The minimum absolute atomic E-state index is 0.892. The van der Waals surface area contributed by atoms with Gasteiger partial charge >= 0.3 is 0 Å². The van der Waals surface area contributed by atoms with E-state index < -0.39 is 0 Å². The van der Waals surface area contributed by atoms with Crippen LogP contribution in [0.5, 0.6) is 0 Å². The van der Waals surface area contributed by atoms with Gasteiger partial charge in [0.15, 0.2) is 4.34 Å². The second-order valence-corrected chi connectivity index (χ2v) is 7.58. The Balaban J connectivity index is 1.65. The number of nitrogens with one attached hydrogen (secondary N) is 1. The lowest BCUT2D eigenvalue weighted by Crippen LogP contribution is -2.00. The van der Waals surface area contributed by atoms with Gasteiger partial charge in [-0.15, -0.1) is 11.3 Å². The summed E-state index contributed by atoms with van der Waals surface area (Å²) in [7, 11) is 0. The molecule has 122 valence electrons. The topological polar surface area (TPSA) is 37.3 Å². The second-order valence-electron chi connectivity index (χ2n) is 5.31. The summed E-state index contributed by atoms with van der Waals surface area (Å²) in [4.78, 5) is 4.71. The highest BCUT2D eigenvalue weighted by Crippen LogP contribution is 2.32. The molecule has 1 N–H and O–H groups in total. The Morgan fingerprint density at radius 1 is 0.840 bits per heavy atom. The van der Waals surface area contributed by atoms with Gasteiger partial charge in [-0.1, -0.05) is 60.7 Å². The van der Waals surface area contributed by atoms with Crippen molar-refractivity contribution in [2.75, 3.05) is 5.43 Å². The molecule has 0 amide bonds. The molecule has 0 spiro atoms. The molecule has 25 heavy (non-hydrogen) atoms. The second kappa shape index (κ2) is 7.51. The molecule has 0 fully saturated rings. The summed E-state index contributed by atoms with van der Waals surface area (Å²) in [5, 5.41) is 5.52. The number of para-hydroxylation sites is 2. The molecule has 4 rings (SSSR count). The highest BCUT2D eigenvalue weighted by molar-refractivity contribution is 8.15. The normalized spacial score (nSPS) is 11.6. The van der Waals surface area contributed by atoms with Gasteiger partial charge in [0.1, 0.15) is 5.04 Å². The maximum atomic E-state index is 4.71. The lowest BCUT2D eigenvalue weighted by atomic mass is 10.2. The zero-order valence-electron chi connectivity index (χ0n) is 13.3. The zero-order valence-corrected chi connectivity index (χ0v) is 14.9. The van der Waals surface area contributed by atoms with Crippen molar-refractivity contribution in [3.63, 3.8) is 0 Å². The lowest BCUT2D eigenvalue weighted by Gasteiger charge is -2.06. The monoisotopic (exact) mass is 361 g/mol. The molecular weight excluding hydrogens is 346 g/mol. The first-order valence-electron chi connectivity index (χ1n) is 7.86. The quantitative estimate of drug-likeness (QED) is 0.214. The third kappa shape index (κ3) is 3.90. The molecule has 0 bridgehead atoms. The van der Waals surface area contributed by atoms with E-state index in [1.165, 1.54) is 4.70 Å². The van der Waals surface area contributed by atoms with Gasteiger partial charge in [0.2, 0.25) is 0 Å². The number of hydrogen-bond donors (Lipinski definition) is 1. The summed E-state index contributed by atoms with van der Waals surface area (Å²) in [6, 6.07) is 28.3. The molecule has 1 aromatic heterocycles. The van der Waals surface area contributed by atoms with Gasteiger partial charge in [0.25, 0.3) is 0 Å². The van der Waals surface area contributed by atoms with E-state index in [9.17, 15) is 0 Å². The van der Waals surface area contributed by atoms with Crippen LogP contribution in [0.1, 0.15) is 5.56 Å². The zero-order chi connectivity index (χ0) is 16.9. The average molecular weight is 361 g/mol. The molecule has 5 heteroatoms. The van der Waals surface area contributed by atoms with E-state index in [1.54, 1.807) is 23.1 Å². The summed E-state index contributed by atoms with van der Waals surface area (Å²) >= 11 is 3.27. The van der Waals surface area contributed by atoms with Crippen molar-refractivity contribution in [3.05, 3.63) is 90.5 Å². The Morgan fingerprint density at radius 3 is 2.28 bits per heavy atom. The number of thioether (sulfide) groups is 1. The van der Waals surface area contributed by atoms with E-state index in [2.05, 4.69) is 28.7 Å². The van der Waals surface area contributed by atoms with Gasteiger partial charge in [0, 0.05) is 5.56 Å². The summed E-state index contributed by atoms with van der Waals surface area (Å²) in [6.45, 7) is 0. The first-order valence-corrected chi connectivity index (χ1v) is 9.49. The van der Waals surface area contributed by atoms with Gasteiger partial charge in [-0.3, -0.25) is 5.43 Å². The standard InChI is InChI=1S/C20H15N3S2/c1-3-9-15(10-4-1)19(23-22-16-11-5-2-6-12-16)25-20-21-17-13-7-8-14-18(17)24-20/h1-14,22H/b23-19+. The fraction of sp³-hybridized carbons (Fsp3) is 0. The Labute approximate surface area is 154 Å². The van der Waals surface area contributed by atoms with Gasteiger partial charge in [0.05, 0.1) is 15.9 Å². The molecule has 0 aliphatic carbocycles. The molecule has 3 nitrogen and oxygen atoms in total. The van der Waals surface area contributed by atoms with Crippen LogP contribution in [-0.4, -0.2) is 10.0 Å². The fourth-order valence-electron chi connectivity index (χ4n) is 2.33. The van der Waals surface area contributed by atoms with E-state index in [0.29, 0.717) is 0 Å².